The number of pyridine rings is 1. The largest absolute Gasteiger partial charge is 0.382 e. The Morgan fingerprint density at radius 1 is 1.09 bits per heavy atom. The first-order chi connectivity index (χ1) is 15.5. The SMILES string of the molecule is CCc1cccc(NC(=O)Nc2ccc(-c3cc(C4CC4)nc4c3c(N)nn4C)cc2)c1. The molecule has 32 heavy (non-hydrogen) atoms. The fraction of sp³-hybridized carbons (Fsp3) is 0.240. The van der Waals surface area contributed by atoms with Gasteiger partial charge in [0.2, 0.25) is 0 Å². The van der Waals surface area contributed by atoms with E-state index < -0.39 is 0 Å². The highest BCUT2D eigenvalue weighted by Gasteiger charge is 2.27. The Hall–Kier alpha value is -3.87. The highest BCUT2D eigenvalue weighted by atomic mass is 16.2. The Labute approximate surface area is 186 Å². The summed E-state index contributed by atoms with van der Waals surface area (Å²) in [6, 6.07) is 17.5. The summed E-state index contributed by atoms with van der Waals surface area (Å²) in [6.45, 7) is 2.09. The molecule has 0 bridgehead atoms. The molecule has 7 heteroatoms. The van der Waals surface area contributed by atoms with E-state index in [9.17, 15) is 4.79 Å². The monoisotopic (exact) mass is 426 g/mol. The average molecular weight is 427 g/mol. The summed E-state index contributed by atoms with van der Waals surface area (Å²) < 4.78 is 1.74. The van der Waals surface area contributed by atoms with Crippen molar-refractivity contribution in [2.75, 3.05) is 16.4 Å². The van der Waals surface area contributed by atoms with Crippen LogP contribution in [0.2, 0.25) is 0 Å². The van der Waals surface area contributed by atoms with Crippen LogP contribution in [-0.4, -0.2) is 20.8 Å². The molecule has 0 radical (unpaired) electrons. The number of carbonyl (C=O) groups excluding carboxylic acids is 1. The molecule has 4 N–H and O–H groups in total. The normalized spacial score (nSPS) is 13.3. The number of carbonyl (C=O) groups is 1. The standard InChI is InChI=1S/C25H26N6O/c1-3-15-5-4-6-19(13-15)28-25(32)27-18-11-9-16(10-12-18)20-14-21(17-7-8-17)29-24-22(20)23(26)30-31(24)2/h4-6,9-14,17H,3,7-8H2,1-2H3,(H2,26,30)(H2,27,28,32). The number of urea groups is 1. The second-order valence-electron chi connectivity index (χ2n) is 8.29. The van der Waals surface area contributed by atoms with E-state index in [1.807, 2.05) is 55.6 Å². The van der Waals surface area contributed by atoms with Crippen molar-refractivity contribution in [1.82, 2.24) is 14.8 Å². The molecule has 4 aromatic rings. The van der Waals surface area contributed by atoms with Gasteiger partial charge < -0.3 is 16.4 Å². The van der Waals surface area contributed by atoms with Crippen LogP contribution in [0.1, 0.15) is 36.9 Å². The van der Waals surface area contributed by atoms with Gasteiger partial charge >= 0.3 is 6.03 Å². The average Bonchev–Trinajstić information content (AvgIpc) is 3.60. The van der Waals surface area contributed by atoms with E-state index >= 15 is 0 Å². The highest BCUT2D eigenvalue weighted by molar-refractivity contribution is 6.02. The molecule has 1 aliphatic rings. The van der Waals surface area contributed by atoms with Gasteiger partial charge in [-0.05, 0) is 66.3 Å². The van der Waals surface area contributed by atoms with Crippen LogP contribution in [0.4, 0.5) is 22.0 Å². The Bertz CT molecular complexity index is 1300. The molecule has 2 amide bonds. The number of fused-ring (bicyclic) bond motifs is 1. The van der Waals surface area contributed by atoms with Crippen molar-refractivity contribution in [3.8, 4) is 11.1 Å². The van der Waals surface area contributed by atoms with Gasteiger partial charge in [0.15, 0.2) is 11.5 Å². The van der Waals surface area contributed by atoms with Gasteiger partial charge in [0, 0.05) is 30.0 Å². The third kappa shape index (κ3) is 3.89. The zero-order valence-electron chi connectivity index (χ0n) is 18.2. The van der Waals surface area contributed by atoms with Gasteiger partial charge in [0.25, 0.3) is 0 Å². The summed E-state index contributed by atoms with van der Waals surface area (Å²) in [7, 11) is 1.87. The summed E-state index contributed by atoms with van der Waals surface area (Å²) >= 11 is 0. The maximum absolute atomic E-state index is 12.4. The van der Waals surface area contributed by atoms with Crippen LogP contribution >= 0.6 is 0 Å². The van der Waals surface area contributed by atoms with Crippen molar-refractivity contribution < 1.29 is 4.79 Å². The van der Waals surface area contributed by atoms with E-state index in [4.69, 9.17) is 10.7 Å². The molecular formula is C25H26N6O. The van der Waals surface area contributed by atoms with Gasteiger partial charge in [-0.1, -0.05) is 31.2 Å². The van der Waals surface area contributed by atoms with Crippen LogP contribution in [0.25, 0.3) is 22.2 Å². The molecule has 2 heterocycles. The minimum Gasteiger partial charge on any atom is -0.382 e. The fourth-order valence-corrected chi connectivity index (χ4v) is 4.01. The zero-order valence-corrected chi connectivity index (χ0v) is 18.2. The molecule has 7 nitrogen and oxygen atoms in total. The van der Waals surface area contributed by atoms with Gasteiger partial charge in [-0.15, -0.1) is 0 Å². The summed E-state index contributed by atoms with van der Waals surface area (Å²) in [6.07, 6.45) is 3.26. The van der Waals surface area contributed by atoms with Gasteiger partial charge in [0.05, 0.1) is 5.39 Å². The van der Waals surface area contributed by atoms with E-state index in [1.165, 1.54) is 18.4 Å². The number of nitrogen functional groups attached to an aromatic ring is 1. The van der Waals surface area contributed by atoms with Crippen LogP contribution in [0.5, 0.6) is 0 Å². The van der Waals surface area contributed by atoms with Gasteiger partial charge in [-0.25, -0.2) is 14.5 Å². The second kappa shape index (κ2) is 8.00. The number of benzene rings is 2. The molecule has 162 valence electrons. The Morgan fingerprint density at radius 2 is 1.84 bits per heavy atom. The molecule has 2 aromatic carbocycles. The zero-order chi connectivity index (χ0) is 22.2. The lowest BCUT2D eigenvalue weighted by Crippen LogP contribution is -2.19. The van der Waals surface area contributed by atoms with Crippen molar-refractivity contribution in [1.29, 1.82) is 0 Å². The molecule has 1 aliphatic carbocycles. The summed E-state index contributed by atoms with van der Waals surface area (Å²) in [5.74, 6) is 0.994. The third-order valence-electron chi connectivity index (χ3n) is 5.88. The first-order valence-electron chi connectivity index (χ1n) is 10.9. The van der Waals surface area contributed by atoms with Crippen LogP contribution in [0, 0.1) is 0 Å². The molecule has 1 fully saturated rings. The van der Waals surface area contributed by atoms with E-state index in [2.05, 4.69) is 28.7 Å². The van der Waals surface area contributed by atoms with Crippen molar-refractivity contribution >= 4 is 34.3 Å². The Balaban J connectivity index is 1.39. The first-order valence-corrected chi connectivity index (χ1v) is 10.9. The summed E-state index contributed by atoms with van der Waals surface area (Å²) in [4.78, 5) is 17.2. The minimum absolute atomic E-state index is 0.273. The van der Waals surface area contributed by atoms with Gasteiger partial charge in [-0.2, -0.15) is 5.10 Å². The summed E-state index contributed by atoms with van der Waals surface area (Å²) in [5, 5.41) is 11.0. The molecule has 5 rings (SSSR count). The van der Waals surface area contributed by atoms with Crippen LogP contribution in [0.3, 0.4) is 0 Å². The Kier molecular flexibility index (Phi) is 5.01. The second-order valence-corrected chi connectivity index (χ2v) is 8.29. The topological polar surface area (TPSA) is 97.9 Å². The maximum Gasteiger partial charge on any atom is 0.323 e. The molecule has 0 saturated heterocycles. The smallest absolute Gasteiger partial charge is 0.323 e. The number of anilines is 3. The third-order valence-corrected chi connectivity index (χ3v) is 5.88. The van der Waals surface area contributed by atoms with Gasteiger partial charge in [-0.3, -0.25) is 0 Å². The number of amides is 2. The molecule has 0 aliphatic heterocycles. The fourth-order valence-electron chi connectivity index (χ4n) is 4.01. The van der Waals surface area contributed by atoms with E-state index in [1.54, 1.807) is 4.68 Å². The van der Waals surface area contributed by atoms with Crippen molar-refractivity contribution in [2.24, 2.45) is 7.05 Å². The molecule has 0 spiro atoms. The number of hydrogen-bond acceptors (Lipinski definition) is 4. The van der Waals surface area contributed by atoms with Crippen LogP contribution in [0.15, 0.2) is 54.6 Å². The molecule has 0 unspecified atom stereocenters. The molecule has 1 saturated carbocycles. The van der Waals surface area contributed by atoms with Gasteiger partial charge in [0.1, 0.15) is 0 Å². The predicted octanol–water partition coefficient (Wildman–Crippen LogP) is 5.30. The number of aryl methyl sites for hydroxylation is 2. The predicted molar refractivity (Wildman–Crippen MR) is 129 cm³/mol. The lowest BCUT2D eigenvalue weighted by molar-refractivity contribution is 0.262. The Morgan fingerprint density at radius 3 is 2.56 bits per heavy atom. The number of nitrogens with one attached hydrogen (secondary N) is 2. The molecular weight excluding hydrogens is 400 g/mol. The lowest BCUT2D eigenvalue weighted by atomic mass is 10.0. The van der Waals surface area contributed by atoms with Crippen LogP contribution in [-0.2, 0) is 13.5 Å². The van der Waals surface area contributed by atoms with E-state index in [0.29, 0.717) is 17.4 Å². The quantitative estimate of drug-likeness (QED) is 0.403. The number of nitrogens with zero attached hydrogens (tertiary/aromatic N) is 3. The maximum atomic E-state index is 12.4. The van der Waals surface area contributed by atoms with E-state index in [0.717, 1.165) is 40.0 Å². The number of nitrogens with two attached hydrogens (primary N) is 1. The number of aromatic nitrogens is 3. The molecule has 2 aromatic heterocycles. The first kappa shape index (κ1) is 20.1. The van der Waals surface area contributed by atoms with E-state index in [-0.39, 0.29) is 6.03 Å². The molecule has 0 atom stereocenters. The minimum atomic E-state index is -0.273. The lowest BCUT2D eigenvalue weighted by Gasteiger charge is -2.11. The number of hydrogen-bond donors (Lipinski definition) is 3. The van der Waals surface area contributed by atoms with Crippen molar-refractivity contribution in [3.63, 3.8) is 0 Å². The van der Waals surface area contributed by atoms with Crippen LogP contribution < -0.4 is 16.4 Å². The number of rotatable bonds is 5. The van der Waals surface area contributed by atoms with Crippen molar-refractivity contribution in [2.45, 2.75) is 32.1 Å². The van der Waals surface area contributed by atoms with Crippen molar-refractivity contribution in [3.05, 3.63) is 65.9 Å². The highest BCUT2D eigenvalue weighted by Crippen LogP contribution is 2.42. The summed E-state index contributed by atoms with van der Waals surface area (Å²) in [5.41, 5.74) is 12.8.